The molecular formula is C75H126O6. The van der Waals surface area contributed by atoms with E-state index in [9.17, 15) is 14.4 Å². The molecule has 0 aromatic heterocycles. The van der Waals surface area contributed by atoms with Crippen LogP contribution in [-0.4, -0.2) is 37.2 Å². The van der Waals surface area contributed by atoms with Gasteiger partial charge in [0.1, 0.15) is 13.2 Å². The molecular weight excluding hydrogens is 997 g/mol. The number of hydrogen-bond donors (Lipinski definition) is 0. The Labute approximate surface area is 501 Å². The summed E-state index contributed by atoms with van der Waals surface area (Å²) in [7, 11) is 0. The highest BCUT2D eigenvalue weighted by Gasteiger charge is 2.19. The van der Waals surface area contributed by atoms with Gasteiger partial charge in [-0.3, -0.25) is 14.4 Å². The van der Waals surface area contributed by atoms with E-state index in [4.69, 9.17) is 14.2 Å². The molecule has 0 bridgehead atoms. The third kappa shape index (κ3) is 66.5. The topological polar surface area (TPSA) is 78.9 Å². The number of unbranched alkanes of at least 4 members (excludes halogenated alkanes) is 31. The second-order valence-corrected chi connectivity index (χ2v) is 22.3. The summed E-state index contributed by atoms with van der Waals surface area (Å²) < 4.78 is 16.8. The van der Waals surface area contributed by atoms with Gasteiger partial charge in [-0.15, -0.1) is 0 Å². The van der Waals surface area contributed by atoms with Crippen LogP contribution in [0.5, 0.6) is 0 Å². The van der Waals surface area contributed by atoms with E-state index >= 15 is 0 Å². The predicted octanol–water partition coefficient (Wildman–Crippen LogP) is 23.6. The molecule has 0 aromatic rings. The lowest BCUT2D eigenvalue weighted by Crippen LogP contribution is -2.30. The van der Waals surface area contributed by atoms with Crippen molar-refractivity contribution in [2.75, 3.05) is 13.2 Å². The van der Waals surface area contributed by atoms with Crippen LogP contribution in [0.15, 0.2) is 122 Å². The van der Waals surface area contributed by atoms with Gasteiger partial charge in [-0.1, -0.05) is 328 Å². The minimum absolute atomic E-state index is 0.0973. The van der Waals surface area contributed by atoms with Crippen molar-refractivity contribution in [2.45, 2.75) is 322 Å². The average molecular weight is 1120 g/mol. The van der Waals surface area contributed by atoms with E-state index in [1.165, 1.54) is 173 Å². The van der Waals surface area contributed by atoms with Crippen LogP contribution in [0.4, 0.5) is 0 Å². The number of ether oxygens (including phenoxy) is 3. The maximum atomic E-state index is 12.8. The smallest absolute Gasteiger partial charge is 0.310 e. The van der Waals surface area contributed by atoms with Crippen molar-refractivity contribution < 1.29 is 28.6 Å². The van der Waals surface area contributed by atoms with Crippen LogP contribution >= 0.6 is 0 Å². The Hall–Kier alpha value is -4.19. The number of esters is 3. The summed E-state index contributed by atoms with van der Waals surface area (Å²) in [6.45, 7) is 6.36. The van der Waals surface area contributed by atoms with Gasteiger partial charge in [-0.2, -0.15) is 0 Å². The summed E-state index contributed by atoms with van der Waals surface area (Å²) in [5.74, 6) is -1.03. The average Bonchev–Trinajstić information content (AvgIpc) is 3.47. The van der Waals surface area contributed by atoms with Crippen molar-refractivity contribution in [2.24, 2.45) is 0 Å². The van der Waals surface area contributed by atoms with Crippen LogP contribution < -0.4 is 0 Å². The van der Waals surface area contributed by atoms with Crippen molar-refractivity contribution in [3.05, 3.63) is 122 Å². The summed E-state index contributed by atoms with van der Waals surface area (Å²) in [4.78, 5) is 38.3. The molecule has 1 unspecified atom stereocenters. The van der Waals surface area contributed by atoms with Gasteiger partial charge in [0.05, 0.1) is 6.42 Å². The summed E-state index contributed by atoms with van der Waals surface area (Å²) >= 11 is 0. The molecule has 1 atom stereocenters. The normalized spacial score (nSPS) is 12.9. The molecule has 0 radical (unpaired) electrons. The fraction of sp³-hybridized carbons (Fsp3) is 0.693. The van der Waals surface area contributed by atoms with E-state index in [0.717, 1.165) is 103 Å². The molecule has 0 heterocycles. The van der Waals surface area contributed by atoms with Crippen LogP contribution in [-0.2, 0) is 28.6 Å². The van der Waals surface area contributed by atoms with Crippen molar-refractivity contribution in [3.63, 3.8) is 0 Å². The zero-order valence-electron chi connectivity index (χ0n) is 53.0. The van der Waals surface area contributed by atoms with Gasteiger partial charge in [-0.25, -0.2) is 0 Å². The van der Waals surface area contributed by atoms with Crippen LogP contribution in [0.25, 0.3) is 0 Å². The SMILES string of the molecule is CC/C=C\C/C=C\C/C=C\C/C=C\C/C=C\CCCCCCCCCCCCCCCCCCCC(=O)OCC(COC(=O)CCCCCCCCCCCCCCCCC)OC(=O)C/C=C\C/C=C\C/C=C\C/C=C\C/C=C\CC. The monoisotopic (exact) mass is 1120 g/mol. The van der Waals surface area contributed by atoms with E-state index in [1.807, 2.05) is 6.08 Å². The lowest BCUT2D eigenvalue weighted by molar-refractivity contribution is -0.166. The summed E-state index contributed by atoms with van der Waals surface area (Å²) in [5, 5.41) is 0. The molecule has 0 aliphatic rings. The van der Waals surface area contributed by atoms with Crippen molar-refractivity contribution >= 4 is 17.9 Å². The molecule has 0 aliphatic carbocycles. The number of carbonyl (C=O) groups is 3. The van der Waals surface area contributed by atoms with Gasteiger partial charge in [0.2, 0.25) is 0 Å². The molecule has 0 saturated heterocycles. The van der Waals surface area contributed by atoms with Crippen molar-refractivity contribution in [1.82, 2.24) is 0 Å². The minimum Gasteiger partial charge on any atom is -0.462 e. The number of allylic oxidation sites excluding steroid dienone is 19. The zero-order chi connectivity index (χ0) is 58.5. The number of hydrogen-bond acceptors (Lipinski definition) is 6. The van der Waals surface area contributed by atoms with Crippen molar-refractivity contribution in [1.29, 1.82) is 0 Å². The third-order valence-corrected chi connectivity index (χ3v) is 14.5. The molecule has 0 N–H and O–H groups in total. The van der Waals surface area contributed by atoms with Crippen LogP contribution in [0.2, 0.25) is 0 Å². The van der Waals surface area contributed by atoms with Gasteiger partial charge in [0.25, 0.3) is 0 Å². The highest BCUT2D eigenvalue weighted by Crippen LogP contribution is 2.17. The predicted molar refractivity (Wildman–Crippen MR) is 353 cm³/mol. The lowest BCUT2D eigenvalue weighted by Gasteiger charge is -2.18. The van der Waals surface area contributed by atoms with Gasteiger partial charge in [0.15, 0.2) is 6.10 Å². The Morgan fingerprint density at radius 3 is 0.815 bits per heavy atom. The number of rotatable bonds is 61. The van der Waals surface area contributed by atoms with E-state index in [0.29, 0.717) is 12.8 Å². The van der Waals surface area contributed by atoms with E-state index in [1.54, 1.807) is 6.08 Å². The maximum absolute atomic E-state index is 12.8. The molecule has 462 valence electrons. The second-order valence-electron chi connectivity index (χ2n) is 22.3. The summed E-state index contributed by atoms with van der Waals surface area (Å²) in [6, 6.07) is 0. The zero-order valence-corrected chi connectivity index (χ0v) is 53.0. The van der Waals surface area contributed by atoms with Crippen LogP contribution in [0.1, 0.15) is 316 Å². The van der Waals surface area contributed by atoms with Gasteiger partial charge >= 0.3 is 17.9 Å². The minimum atomic E-state index is -0.832. The Bertz CT molecular complexity index is 1670. The van der Waals surface area contributed by atoms with Gasteiger partial charge in [-0.05, 0) is 89.9 Å². The fourth-order valence-electron chi connectivity index (χ4n) is 9.49. The summed E-state index contributed by atoms with van der Waals surface area (Å²) in [5.41, 5.74) is 0. The highest BCUT2D eigenvalue weighted by molar-refractivity contribution is 5.72. The second kappa shape index (κ2) is 68.3. The Kier molecular flexibility index (Phi) is 64.8. The van der Waals surface area contributed by atoms with E-state index in [-0.39, 0.29) is 31.6 Å². The van der Waals surface area contributed by atoms with E-state index < -0.39 is 12.1 Å². The molecule has 0 aromatic carbocycles. The molecule has 0 aliphatic heterocycles. The van der Waals surface area contributed by atoms with Crippen molar-refractivity contribution in [3.8, 4) is 0 Å². The standard InChI is InChI=1S/C75H126O6/c1-4-7-10-13-16-19-22-25-28-29-30-31-32-33-34-35-36-37-38-39-40-41-42-43-44-45-48-50-53-56-59-62-65-68-74(77)80-71-72(81-75(78)69-66-63-60-57-54-51-47-27-24-21-18-15-12-9-6-3)70-79-73(76)67-64-61-58-55-52-49-46-26-23-20-17-14-11-8-5-2/h7,9-10,12,16,18-19,21,25,27-28,30-31,33-34,47,54,57,63,66,72H,4-6,8,11,13-15,17,20,22-24,26,29,32,35-46,48-53,55-56,58-62,64-65,67-71H2,1-3H3/b10-7-,12-9-,19-16-,21-18-,28-25-,31-30-,34-33-,47-27-,57-54-,66-63-. The van der Waals surface area contributed by atoms with Gasteiger partial charge in [0, 0.05) is 12.8 Å². The highest BCUT2D eigenvalue weighted by atomic mass is 16.6. The molecule has 0 spiro atoms. The first-order valence-electron chi connectivity index (χ1n) is 34.0. The Balaban J connectivity index is 4.24. The molecule has 0 rings (SSSR count). The van der Waals surface area contributed by atoms with Crippen LogP contribution in [0.3, 0.4) is 0 Å². The first kappa shape index (κ1) is 76.8. The first-order valence-corrected chi connectivity index (χ1v) is 34.0. The molecule has 81 heavy (non-hydrogen) atoms. The maximum Gasteiger partial charge on any atom is 0.310 e. The first-order chi connectivity index (χ1) is 40.0. The Morgan fingerprint density at radius 1 is 0.272 bits per heavy atom. The van der Waals surface area contributed by atoms with Crippen LogP contribution in [0, 0.1) is 0 Å². The van der Waals surface area contributed by atoms with E-state index in [2.05, 4.69) is 130 Å². The molecule has 6 heteroatoms. The molecule has 0 saturated carbocycles. The third-order valence-electron chi connectivity index (χ3n) is 14.5. The largest absolute Gasteiger partial charge is 0.462 e. The summed E-state index contributed by atoms with van der Waals surface area (Å²) in [6.07, 6.45) is 95.4. The number of carbonyl (C=O) groups excluding carboxylic acids is 3. The Morgan fingerprint density at radius 2 is 0.519 bits per heavy atom. The fourth-order valence-corrected chi connectivity index (χ4v) is 9.49. The lowest BCUT2D eigenvalue weighted by atomic mass is 10.0. The quantitative estimate of drug-likeness (QED) is 0.0261. The molecule has 0 fully saturated rings. The molecule has 0 amide bonds. The molecule has 6 nitrogen and oxygen atoms in total. The van der Waals surface area contributed by atoms with Gasteiger partial charge < -0.3 is 14.2 Å².